The van der Waals surface area contributed by atoms with Crippen molar-refractivity contribution in [2.75, 3.05) is 20.2 Å². The molecule has 0 fully saturated rings. The van der Waals surface area contributed by atoms with Crippen LogP contribution in [-0.4, -0.2) is 46.5 Å². The fourth-order valence-electron chi connectivity index (χ4n) is 1.91. The molecule has 0 atom stereocenters. The van der Waals surface area contributed by atoms with Crippen LogP contribution in [0.15, 0.2) is 12.3 Å². The molecule has 1 rings (SSSR count). The molecule has 0 N–H and O–H groups in total. The summed E-state index contributed by atoms with van der Waals surface area (Å²) in [4.78, 5) is 35.3. The zero-order valence-electron chi connectivity index (χ0n) is 12.4. The Morgan fingerprint density at radius 3 is 2.57 bits per heavy atom. The lowest BCUT2D eigenvalue weighted by Gasteiger charge is -2.20. The van der Waals surface area contributed by atoms with Gasteiger partial charge in [-0.25, -0.2) is 0 Å². The molecule has 8 heteroatoms. The van der Waals surface area contributed by atoms with E-state index in [-0.39, 0.29) is 17.9 Å². The Morgan fingerprint density at radius 2 is 2.10 bits per heavy atom. The molecule has 0 aliphatic carbocycles. The second-order valence-electron chi connectivity index (χ2n) is 4.43. The molecule has 1 aromatic heterocycles. The van der Waals surface area contributed by atoms with Crippen molar-refractivity contribution in [3.8, 4) is 0 Å². The highest BCUT2D eigenvalue weighted by Gasteiger charge is 2.24. The Bertz CT molecular complexity index is 538. The normalized spacial score (nSPS) is 10.2. The predicted molar refractivity (Wildman–Crippen MR) is 75.0 cm³/mol. The standard InChI is InChI=1S/C13H19N3O5/c1-4-6-15-8-10(16(19)20)7-11(15)13(18)14(5-2)9-12(17)21-3/h7-8H,4-6,9H2,1-3H3. The molecule has 21 heavy (non-hydrogen) atoms. The van der Waals surface area contributed by atoms with Crippen molar-refractivity contribution in [1.29, 1.82) is 0 Å². The highest BCUT2D eigenvalue weighted by atomic mass is 16.6. The Morgan fingerprint density at radius 1 is 1.43 bits per heavy atom. The van der Waals surface area contributed by atoms with Crippen molar-refractivity contribution in [2.24, 2.45) is 0 Å². The average Bonchev–Trinajstić information content (AvgIpc) is 2.88. The van der Waals surface area contributed by atoms with Crippen molar-refractivity contribution in [3.63, 3.8) is 0 Å². The maximum absolute atomic E-state index is 12.4. The number of nitrogens with zero attached hydrogens (tertiary/aromatic N) is 3. The third-order valence-electron chi connectivity index (χ3n) is 2.99. The van der Waals surface area contributed by atoms with Crippen molar-refractivity contribution in [1.82, 2.24) is 9.47 Å². The highest BCUT2D eigenvalue weighted by molar-refractivity contribution is 5.95. The molecule has 1 amide bonds. The summed E-state index contributed by atoms with van der Waals surface area (Å²) in [6, 6.07) is 1.23. The summed E-state index contributed by atoms with van der Waals surface area (Å²) in [5.74, 6) is -0.960. The Labute approximate surface area is 122 Å². The molecular weight excluding hydrogens is 278 g/mol. The van der Waals surface area contributed by atoms with Crippen LogP contribution in [0.5, 0.6) is 0 Å². The third kappa shape index (κ3) is 4.04. The van der Waals surface area contributed by atoms with Crippen molar-refractivity contribution < 1.29 is 19.2 Å². The Balaban J connectivity index is 3.08. The number of esters is 1. The van der Waals surface area contributed by atoms with Gasteiger partial charge in [0.2, 0.25) is 0 Å². The van der Waals surface area contributed by atoms with E-state index < -0.39 is 16.8 Å². The fourth-order valence-corrected chi connectivity index (χ4v) is 1.91. The SMILES string of the molecule is CCCn1cc([N+](=O)[O-])cc1C(=O)N(CC)CC(=O)OC. The summed E-state index contributed by atoms with van der Waals surface area (Å²) in [7, 11) is 1.24. The average molecular weight is 297 g/mol. The molecule has 1 aromatic rings. The van der Waals surface area contributed by atoms with Gasteiger partial charge in [0.05, 0.1) is 18.2 Å². The van der Waals surface area contributed by atoms with Gasteiger partial charge in [-0.1, -0.05) is 6.92 Å². The zero-order chi connectivity index (χ0) is 16.0. The van der Waals surface area contributed by atoms with E-state index in [1.807, 2.05) is 6.92 Å². The molecule has 0 spiro atoms. The van der Waals surface area contributed by atoms with E-state index in [1.165, 1.54) is 24.3 Å². The summed E-state index contributed by atoms with van der Waals surface area (Å²) < 4.78 is 6.08. The molecule has 0 aliphatic rings. The number of carbonyl (C=O) groups excluding carboxylic acids is 2. The number of aromatic nitrogens is 1. The zero-order valence-corrected chi connectivity index (χ0v) is 12.4. The molecule has 0 unspecified atom stereocenters. The maximum atomic E-state index is 12.4. The highest BCUT2D eigenvalue weighted by Crippen LogP contribution is 2.18. The minimum Gasteiger partial charge on any atom is -0.468 e. The number of hydrogen-bond acceptors (Lipinski definition) is 5. The van der Waals surface area contributed by atoms with E-state index in [9.17, 15) is 19.7 Å². The van der Waals surface area contributed by atoms with E-state index in [0.29, 0.717) is 13.1 Å². The number of nitro groups is 1. The molecule has 1 heterocycles. The van der Waals surface area contributed by atoms with E-state index in [2.05, 4.69) is 4.74 Å². The largest absolute Gasteiger partial charge is 0.468 e. The first kappa shape index (κ1) is 16.7. The number of amides is 1. The monoisotopic (exact) mass is 297 g/mol. The van der Waals surface area contributed by atoms with Crippen LogP contribution < -0.4 is 0 Å². The quantitative estimate of drug-likeness (QED) is 0.431. The van der Waals surface area contributed by atoms with Gasteiger partial charge >= 0.3 is 5.97 Å². The lowest BCUT2D eigenvalue weighted by molar-refractivity contribution is -0.384. The predicted octanol–water partition coefficient (Wildman–Crippen LogP) is 1.44. The van der Waals surface area contributed by atoms with E-state index in [4.69, 9.17) is 0 Å². The van der Waals surface area contributed by atoms with Crippen LogP contribution in [0, 0.1) is 10.1 Å². The van der Waals surface area contributed by atoms with E-state index in [0.717, 1.165) is 6.42 Å². The van der Waals surface area contributed by atoms with Crippen LogP contribution >= 0.6 is 0 Å². The molecule has 0 saturated carbocycles. The smallest absolute Gasteiger partial charge is 0.325 e. The molecule has 0 radical (unpaired) electrons. The van der Waals surface area contributed by atoms with Gasteiger partial charge in [0.1, 0.15) is 12.2 Å². The van der Waals surface area contributed by atoms with Gasteiger partial charge in [-0.2, -0.15) is 0 Å². The number of aryl methyl sites for hydroxylation is 1. The van der Waals surface area contributed by atoms with Crippen LogP contribution in [0.1, 0.15) is 30.8 Å². The van der Waals surface area contributed by atoms with Gasteiger partial charge < -0.3 is 14.2 Å². The van der Waals surface area contributed by atoms with Crippen LogP contribution in [0.2, 0.25) is 0 Å². The molecule has 8 nitrogen and oxygen atoms in total. The van der Waals surface area contributed by atoms with Crippen molar-refractivity contribution in [2.45, 2.75) is 26.8 Å². The molecule has 0 aromatic carbocycles. The number of methoxy groups -OCH3 is 1. The summed E-state index contributed by atoms with van der Waals surface area (Å²) in [6.07, 6.45) is 2.07. The van der Waals surface area contributed by atoms with Crippen LogP contribution in [-0.2, 0) is 16.1 Å². The van der Waals surface area contributed by atoms with Crippen LogP contribution in [0.25, 0.3) is 0 Å². The van der Waals surface area contributed by atoms with Gasteiger partial charge in [-0.3, -0.25) is 19.7 Å². The summed E-state index contributed by atoms with van der Waals surface area (Å²) in [5, 5.41) is 10.9. The van der Waals surface area contributed by atoms with Crippen LogP contribution in [0.3, 0.4) is 0 Å². The van der Waals surface area contributed by atoms with Gasteiger partial charge in [0, 0.05) is 19.2 Å². The minimum absolute atomic E-state index is 0.138. The summed E-state index contributed by atoms with van der Waals surface area (Å²) >= 11 is 0. The Kier molecular flexibility index (Phi) is 5.89. The molecule has 0 bridgehead atoms. The van der Waals surface area contributed by atoms with E-state index >= 15 is 0 Å². The van der Waals surface area contributed by atoms with Crippen molar-refractivity contribution >= 4 is 17.6 Å². The second-order valence-corrected chi connectivity index (χ2v) is 4.43. The van der Waals surface area contributed by atoms with Gasteiger partial charge in [0.15, 0.2) is 0 Å². The number of hydrogen-bond donors (Lipinski definition) is 0. The first-order chi connectivity index (χ1) is 9.94. The molecule has 0 aliphatic heterocycles. The van der Waals surface area contributed by atoms with Gasteiger partial charge in [-0.05, 0) is 13.3 Å². The first-order valence-corrected chi connectivity index (χ1v) is 6.65. The number of rotatable bonds is 7. The summed E-state index contributed by atoms with van der Waals surface area (Å²) in [6.45, 7) is 4.25. The van der Waals surface area contributed by atoms with Gasteiger partial charge in [-0.15, -0.1) is 0 Å². The van der Waals surface area contributed by atoms with E-state index in [1.54, 1.807) is 11.5 Å². The fraction of sp³-hybridized carbons (Fsp3) is 0.538. The third-order valence-corrected chi connectivity index (χ3v) is 2.99. The minimum atomic E-state index is -0.542. The van der Waals surface area contributed by atoms with Crippen molar-refractivity contribution in [3.05, 3.63) is 28.1 Å². The Hall–Kier alpha value is -2.38. The second kappa shape index (κ2) is 7.41. The van der Waals surface area contributed by atoms with Crippen LogP contribution in [0.4, 0.5) is 5.69 Å². The summed E-state index contributed by atoms with van der Waals surface area (Å²) in [5.41, 5.74) is 0.0650. The topological polar surface area (TPSA) is 94.7 Å². The number of likely N-dealkylation sites (N-methyl/N-ethyl adjacent to an activating group) is 1. The lowest BCUT2D eigenvalue weighted by Crippen LogP contribution is -2.37. The number of ether oxygens (including phenoxy) is 1. The number of carbonyl (C=O) groups is 2. The maximum Gasteiger partial charge on any atom is 0.325 e. The van der Waals surface area contributed by atoms with Gasteiger partial charge in [0.25, 0.3) is 11.6 Å². The molecule has 116 valence electrons. The molecular formula is C13H19N3O5. The first-order valence-electron chi connectivity index (χ1n) is 6.65. The molecule has 0 saturated heterocycles. The lowest BCUT2D eigenvalue weighted by atomic mass is 10.3.